The van der Waals surface area contributed by atoms with Crippen LogP contribution in [0.3, 0.4) is 0 Å². The van der Waals surface area contributed by atoms with Gasteiger partial charge in [-0.1, -0.05) is 42.5 Å². The fourth-order valence-corrected chi connectivity index (χ4v) is 3.50. The number of ether oxygens (including phenoxy) is 1. The number of carbonyl (C=O) groups excluding carboxylic acids is 1. The summed E-state index contributed by atoms with van der Waals surface area (Å²) in [5.74, 6) is -0.651. The van der Waals surface area contributed by atoms with E-state index >= 15 is 0 Å². The molecular weight excluding hydrogens is 292 g/mol. The van der Waals surface area contributed by atoms with Crippen molar-refractivity contribution in [3.05, 3.63) is 59.7 Å². The van der Waals surface area contributed by atoms with Gasteiger partial charge in [-0.2, -0.15) is 0 Å². The summed E-state index contributed by atoms with van der Waals surface area (Å²) in [6.45, 7) is 0. The van der Waals surface area contributed by atoms with Crippen molar-refractivity contribution in [3.8, 4) is 0 Å². The Morgan fingerprint density at radius 3 is 2.74 bits per heavy atom. The third kappa shape index (κ3) is 2.44. The smallest absolute Gasteiger partial charge is 0.342 e. The van der Waals surface area contributed by atoms with Crippen molar-refractivity contribution >= 4 is 16.7 Å². The summed E-state index contributed by atoms with van der Waals surface area (Å²) in [7, 11) is 0. The maximum atomic E-state index is 11.7. The molecule has 3 atom stereocenters. The van der Waals surface area contributed by atoms with E-state index in [-0.39, 0.29) is 6.42 Å². The predicted molar refractivity (Wildman–Crippen MR) is 85.8 cm³/mol. The lowest BCUT2D eigenvalue weighted by Crippen LogP contribution is -2.38. The lowest BCUT2D eigenvalue weighted by molar-refractivity contribution is -0.152. The van der Waals surface area contributed by atoms with E-state index in [9.17, 15) is 15.0 Å². The van der Waals surface area contributed by atoms with Crippen LogP contribution in [0.2, 0.25) is 0 Å². The van der Waals surface area contributed by atoms with Crippen LogP contribution >= 0.6 is 0 Å². The van der Waals surface area contributed by atoms with Gasteiger partial charge in [0.15, 0.2) is 5.60 Å². The monoisotopic (exact) mass is 310 g/mol. The maximum absolute atomic E-state index is 11.7. The number of hydrogen-bond acceptors (Lipinski definition) is 4. The SMILES string of the molecule is O=C1OC2C[C@@]1(O)C=C(CCc1ccc3ccccc3c1)[C@H]2O. The van der Waals surface area contributed by atoms with Crippen molar-refractivity contribution in [3.63, 3.8) is 0 Å². The first-order valence-corrected chi connectivity index (χ1v) is 7.86. The quantitative estimate of drug-likeness (QED) is 0.673. The molecule has 1 saturated heterocycles. The summed E-state index contributed by atoms with van der Waals surface area (Å²) < 4.78 is 5.05. The van der Waals surface area contributed by atoms with Gasteiger partial charge in [0.25, 0.3) is 0 Å². The zero-order chi connectivity index (χ0) is 16.0. The lowest BCUT2D eigenvalue weighted by atomic mass is 9.83. The highest BCUT2D eigenvalue weighted by molar-refractivity contribution is 5.85. The van der Waals surface area contributed by atoms with Crippen LogP contribution in [0, 0.1) is 0 Å². The second kappa shape index (κ2) is 5.18. The van der Waals surface area contributed by atoms with Crippen LogP contribution in [0.5, 0.6) is 0 Å². The minimum Gasteiger partial charge on any atom is -0.457 e. The molecule has 0 saturated carbocycles. The Balaban J connectivity index is 1.55. The highest BCUT2D eigenvalue weighted by Gasteiger charge is 2.52. The zero-order valence-electron chi connectivity index (χ0n) is 12.6. The Hall–Kier alpha value is -2.17. The molecule has 4 rings (SSSR count). The second-order valence-corrected chi connectivity index (χ2v) is 6.42. The predicted octanol–water partition coefficient (Wildman–Crippen LogP) is 2.12. The van der Waals surface area contributed by atoms with Gasteiger partial charge in [-0.3, -0.25) is 0 Å². The van der Waals surface area contributed by atoms with E-state index in [4.69, 9.17) is 4.74 Å². The fraction of sp³-hybridized carbons (Fsp3) is 0.316. The average Bonchev–Trinajstić information content (AvgIpc) is 2.81. The summed E-state index contributed by atoms with van der Waals surface area (Å²) >= 11 is 0. The Kier molecular flexibility index (Phi) is 3.25. The number of rotatable bonds is 3. The third-order valence-electron chi connectivity index (χ3n) is 4.80. The molecule has 23 heavy (non-hydrogen) atoms. The molecule has 0 radical (unpaired) electrons. The first-order valence-electron chi connectivity index (χ1n) is 7.86. The van der Waals surface area contributed by atoms with Crippen LogP contribution in [0.1, 0.15) is 18.4 Å². The van der Waals surface area contributed by atoms with Crippen molar-refractivity contribution in [1.82, 2.24) is 0 Å². The minimum atomic E-state index is -1.55. The molecule has 4 heteroatoms. The molecule has 2 N–H and O–H groups in total. The Morgan fingerprint density at radius 1 is 1.13 bits per heavy atom. The number of aliphatic hydroxyl groups excluding tert-OH is 1. The Labute approximate surface area is 134 Å². The molecule has 1 unspecified atom stereocenters. The third-order valence-corrected chi connectivity index (χ3v) is 4.80. The van der Waals surface area contributed by atoms with Crippen molar-refractivity contribution in [2.24, 2.45) is 0 Å². The van der Waals surface area contributed by atoms with Gasteiger partial charge in [-0.05, 0) is 40.8 Å². The van der Waals surface area contributed by atoms with Gasteiger partial charge in [0, 0.05) is 6.42 Å². The highest BCUT2D eigenvalue weighted by Crippen LogP contribution is 2.38. The van der Waals surface area contributed by atoms with Crippen LogP contribution in [0.25, 0.3) is 10.8 Å². The Bertz CT molecular complexity index is 810. The molecule has 2 aromatic rings. The molecule has 118 valence electrons. The summed E-state index contributed by atoms with van der Waals surface area (Å²) in [6.07, 6.45) is 1.53. The molecule has 4 nitrogen and oxygen atoms in total. The van der Waals surface area contributed by atoms with E-state index < -0.39 is 23.8 Å². The normalized spacial score (nSPS) is 29.5. The van der Waals surface area contributed by atoms with Gasteiger partial charge in [0.05, 0.1) is 0 Å². The van der Waals surface area contributed by atoms with Crippen molar-refractivity contribution in [2.45, 2.75) is 37.1 Å². The van der Waals surface area contributed by atoms with E-state index in [1.54, 1.807) is 0 Å². The second-order valence-electron chi connectivity index (χ2n) is 6.42. The van der Waals surface area contributed by atoms with Gasteiger partial charge >= 0.3 is 5.97 Å². The summed E-state index contributed by atoms with van der Waals surface area (Å²) in [6, 6.07) is 14.5. The van der Waals surface area contributed by atoms with Crippen molar-refractivity contribution < 1.29 is 19.7 Å². The lowest BCUT2D eigenvalue weighted by Gasteiger charge is -2.26. The zero-order valence-corrected chi connectivity index (χ0v) is 12.6. The number of esters is 1. The first-order chi connectivity index (χ1) is 11.0. The molecule has 0 spiro atoms. The van der Waals surface area contributed by atoms with Crippen molar-refractivity contribution in [1.29, 1.82) is 0 Å². The molecule has 2 aliphatic rings. The van der Waals surface area contributed by atoms with E-state index in [0.29, 0.717) is 12.0 Å². The number of aliphatic hydroxyl groups is 2. The van der Waals surface area contributed by atoms with E-state index in [1.807, 2.05) is 12.1 Å². The number of carbonyl (C=O) groups is 1. The van der Waals surface area contributed by atoms with E-state index in [2.05, 4.69) is 30.3 Å². The van der Waals surface area contributed by atoms with Gasteiger partial charge in [0.2, 0.25) is 0 Å². The Morgan fingerprint density at radius 2 is 1.91 bits per heavy atom. The van der Waals surface area contributed by atoms with Crippen LogP contribution in [-0.2, 0) is 16.0 Å². The van der Waals surface area contributed by atoms with Gasteiger partial charge in [-0.15, -0.1) is 0 Å². The highest BCUT2D eigenvalue weighted by atomic mass is 16.6. The topological polar surface area (TPSA) is 66.8 Å². The van der Waals surface area contributed by atoms with E-state index in [0.717, 1.165) is 12.0 Å². The van der Waals surface area contributed by atoms with Crippen LogP contribution in [0.4, 0.5) is 0 Å². The first kappa shape index (κ1) is 14.4. The number of hydrogen-bond donors (Lipinski definition) is 2. The molecule has 1 aliphatic carbocycles. The molecule has 1 aliphatic heterocycles. The van der Waals surface area contributed by atoms with Gasteiger partial charge in [-0.25, -0.2) is 4.79 Å². The standard InChI is InChI=1S/C19H18O4/c20-17-15(10-19(22)11-16(17)23-18(19)21)8-6-12-5-7-13-3-1-2-4-14(13)9-12/h1-5,7,9-10,16-17,20,22H,6,8,11H2/t16?,17-,19+/m1/s1. The molecule has 2 aromatic carbocycles. The maximum Gasteiger partial charge on any atom is 0.342 e. The van der Waals surface area contributed by atoms with Crippen LogP contribution in [-0.4, -0.2) is 34.0 Å². The summed E-state index contributed by atoms with van der Waals surface area (Å²) in [4.78, 5) is 11.7. The molecule has 1 heterocycles. The molecule has 2 bridgehead atoms. The average molecular weight is 310 g/mol. The fourth-order valence-electron chi connectivity index (χ4n) is 3.50. The molecular formula is C19H18O4. The number of aryl methyl sites for hydroxylation is 1. The molecule has 0 aromatic heterocycles. The summed E-state index contributed by atoms with van der Waals surface area (Å²) in [5, 5.41) is 22.9. The largest absolute Gasteiger partial charge is 0.457 e. The van der Waals surface area contributed by atoms with E-state index in [1.165, 1.54) is 16.8 Å². The summed E-state index contributed by atoms with van der Waals surface area (Å²) in [5.41, 5.74) is 0.291. The van der Waals surface area contributed by atoms with Crippen LogP contribution in [0.15, 0.2) is 54.1 Å². The number of benzene rings is 2. The van der Waals surface area contributed by atoms with Crippen molar-refractivity contribution in [2.75, 3.05) is 0 Å². The molecule has 0 amide bonds. The minimum absolute atomic E-state index is 0.145. The van der Waals surface area contributed by atoms with Gasteiger partial charge < -0.3 is 14.9 Å². The van der Waals surface area contributed by atoms with Crippen LogP contribution < -0.4 is 0 Å². The number of fused-ring (bicyclic) bond motifs is 3. The van der Waals surface area contributed by atoms with Gasteiger partial charge in [0.1, 0.15) is 12.2 Å². The molecule has 1 fully saturated rings.